The van der Waals surface area contributed by atoms with Gasteiger partial charge in [0.2, 0.25) is 0 Å². The molecular formula is C22H46O6. The summed E-state index contributed by atoms with van der Waals surface area (Å²) in [5.41, 5.74) is 0. The van der Waals surface area contributed by atoms with E-state index in [9.17, 15) is 9.59 Å². The molecule has 0 saturated heterocycles. The molecule has 0 aromatic heterocycles. The maximum Gasteiger partial charge on any atom is 0.303 e. The Morgan fingerprint density at radius 2 is 0.964 bits per heavy atom. The monoisotopic (exact) mass is 406 g/mol. The van der Waals surface area contributed by atoms with E-state index in [0.717, 1.165) is 38.5 Å². The lowest BCUT2D eigenvalue weighted by molar-refractivity contribution is -0.138. The molecule has 170 valence electrons. The standard InChI is InChI=1S/2C8H16O2.C6H14O2/c2*1-2-3-4-5-6-7-8(9)10;1-6(2-4-7)3-5-8/h2*2-7H2,1H3,(H,9,10);6-8H,2-5H2,1H3. The van der Waals surface area contributed by atoms with Crippen molar-refractivity contribution in [1.29, 1.82) is 0 Å². The van der Waals surface area contributed by atoms with Crippen molar-refractivity contribution in [2.45, 2.75) is 111 Å². The van der Waals surface area contributed by atoms with Crippen molar-refractivity contribution in [1.82, 2.24) is 0 Å². The van der Waals surface area contributed by atoms with Crippen LogP contribution in [0.25, 0.3) is 0 Å². The van der Waals surface area contributed by atoms with Crippen LogP contribution in [0.5, 0.6) is 0 Å². The molecule has 0 atom stereocenters. The minimum Gasteiger partial charge on any atom is -0.481 e. The van der Waals surface area contributed by atoms with Crippen molar-refractivity contribution < 1.29 is 30.0 Å². The largest absolute Gasteiger partial charge is 0.481 e. The number of hydrogen-bond acceptors (Lipinski definition) is 4. The first kappa shape index (κ1) is 31.6. The van der Waals surface area contributed by atoms with Crippen LogP contribution in [-0.4, -0.2) is 45.6 Å². The molecule has 0 amide bonds. The Kier molecular flexibility index (Phi) is 31.6. The van der Waals surface area contributed by atoms with E-state index in [4.69, 9.17) is 20.4 Å². The third-order valence-corrected chi connectivity index (χ3v) is 4.23. The zero-order valence-electron chi connectivity index (χ0n) is 18.5. The Balaban J connectivity index is -0.000000337. The van der Waals surface area contributed by atoms with Crippen molar-refractivity contribution in [2.75, 3.05) is 13.2 Å². The molecule has 0 aliphatic rings. The maximum atomic E-state index is 10.0. The van der Waals surface area contributed by atoms with E-state index in [2.05, 4.69) is 13.8 Å². The van der Waals surface area contributed by atoms with Crippen molar-refractivity contribution >= 4 is 11.9 Å². The summed E-state index contributed by atoms with van der Waals surface area (Å²) in [6, 6.07) is 0. The molecule has 0 aliphatic carbocycles. The van der Waals surface area contributed by atoms with Crippen molar-refractivity contribution in [3.63, 3.8) is 0 Å². The molecular weight excluding hydrogens is 360 g/mol. The maximum absolute atomic E-state index is 10.0. The number of hydrogen-bond donors (Lipinski definition) is 4. The van der Waals surface area contributed by atoms with Gasteiger partial charge in [0, 0.05) is 26.1 Å². The first-order chi connectivity index (χ1) is 13.3. The number of aliphatic carboxylic acids is 2. The summed E-state index contributed by atoms with van der Waals surface area (Å²) in [6.07, 6.45) is 13.4. The predicted octanol–water partition coefficient (Wildman–Crippen LogP) is 5.25. The quantitative estimate of drug-likeness (QED) is 0.260. The fraction of sp³-hybridized carbons (Fsp3) is 0.909. The second-order valence-corrected chi connectivity index (χ2v) is 7.25. The van der Waals surface area contributed by atoms with Gasteiger partial charge in [-0.1, -0.05) is 72.1 Å². The molecule has 0 saturated carbocycles. The number of rotatable bonds is 16. The van der Waals surface area contributed by atoms with Gasteiger partial charge in [0.05, 0.1) is 0 Å². The molecule has 28 heavy (non-hydrogen) atoms. The van der Waals surface area contributed by atoms with Gasteiger partial charge in [0.1, 0.15) is 0 Å². The van der Waals surface area contributed by atoms with Crippen LogP contribution in [-0.2, 0) is 9.59 Å². The number of aliphatic hydroxyl groups is 2. The average molecular weight is 407 g/mol. The Hall–Kier alpha value is -1.14. The lowest BCUT2D eigenvalue weighted by Crippen LogP contribution is -1.99. The van der Waals surface area contributed by atoms with Crippen LogP contribution in [0.3, 0.4) is 0 Å². The molecule has 4 N–H and O–H groups in total. The highest BCUT2D eigenvalue weighted by Gasteiger charge is 1.97. The fourth-order valence-electron chi connectivity index (χ4n) is 2.34. The van der Waals surface area contributed by atoms with Gasteiger partial charge in [-0.15, -0.1) is 0 Å². The van der Waals surface area contributed by atoms with Gasteiger partial charge < -0.3 is 20.4 Å². The van der Waals surface area contributed by atoms with Crippen LogP contribution in [0.15, 0.2) is 0 Å². The Morgan fingerprint density at radius 1 is 0.643 bits per heavy atom. The van der Waals surface area contributed by atoms with Crippen LogP contribution in [0.1, 0.15) is 111 Å². The van der Waals surface area contributed by atoms with Crippen LogP contribution < -0.4 is 0 Å². The van der Waals surface area contributed by atoms with Gasteiger partial charge in [-0.05, 0) is 31.6 Å². The smallest absolute Gasteiger partial charge is 0.303 e. The van der Waals surface area contributed by atoms with E-state index in [1.165, 1.54) is 38.5 Å². The number of carboxylic acid groups (broad SMARTS) is 2. The van der Waals surface area contributed by atoms with Crippen molar-refractivity contribution in [2.24, 2.45) is 5.92 Å². The third kappa shape index (κ3) is 39.8. The summed E-state index contributed by atoms with van der Waals surface area (Å²) in [5, 5.41) is 33.3. The zero-order chi connectivity index (χ0) is 22.0. The summed E-state index contributed by atoms with van der Waals surface area (Å²) < 4.78 is 0. The second-order valence-electron chi connectivity index (χ2n) is 7.25. The van der Waals surface area contributed by atoms with Crippen LogP contribution in [0.2, 0.25) is 0 Å². The van der Waals surface area contributed by atoms with Crippen LogP contribution in [0.4, 0.5) is 0 Å². The molecule has 0 heterocycles. The van der Waals surface area contributed by atoms with Crippen LogP contribution in [0, 0.1) is 5.92 Å². The van der Waals surface area contributed by atoms with E-state index < -0.39 is 11.9 Å². The highest BCUT2D eigenvalue weighted by molar-refractivity contribution is 5.66. The molecule has 0 aromatic carbocycles. The van der Waals surface area contributed by atoms with Crippen molar-refractivity contribution in [3.05, 3.63) is 0 Å². The highest BCUT2D eigenvalue weighted by atomic mass is 16.4. The average Bonchev–Trinajstić information content (AvgIpc) is 2.62. The first-order valence-corrected chi connectivity index (χ1v) is 11.0. The van der Waals surface area contributed by atoms with E-state index in [1.54, 1.807) is 0 Å². The number of unbranched alkanes of at least 4 members (excludes halogenated alkanes) is 8. The molecule has 0 unspecified atom stereocenters. The van der Waals surface area contributed by atoms with E-state index >= 15 is 0 Å². The molecule has 0 aromatic rings. The highest BCUT2D eigenvalue weighted by Crippen LogP contribution is 2.05. The molecule has 6 nitrogen and oxygen atoms in total. The lowest BCUT2D eigenvalue weighted by Gasteiger charge is -2.04. The van der Waals surface area contributed by atoms with E-state index in [1.807, 2.05) is 6.92 Å². The van der Waals surface area contributed by atoms with Gasteiger partial charge in [0.15, 0.2) is 0 Å². The normalized spacial score (nSPS) is 9.93. The first-order valence-electron chi connectivity index (χ1n) is 11.0. The van der Waals surface area contributed by atoms with E-state index in [0.29, 0.717) is 18.8 Å². The number of aliphatic hydroxyl groups excluding tert-OH is 2. The minimum atomic E-state index is -0.670. The van der Waals surface area contributed by atoms with E-state index in [-0.39, 0.29) is 13.2 Å². The van der Waals surface area contributed by atoms with Gasteiger partial charge in [0.25, 0.3) is 0 Å². The molecule has 0 bridgehead atoms. The van der Waals surface area contributed by atoms with Crippen molar-refractivity contribution in [3.8, 4) is 0 Å². The van der Waals surface area contributed by atoms with Gasteiger partial charge in [-0.3, -0.25) is 9.59 Å². The topological polar surface area (TPSA) is 115 Å². The Labute approximate surface area is 172 Å². The summed E-state index contributed by atoms with van der Waals surface area (Å²) in [5.74, 6) is -0.877. The second kappa shape index (κ2) is 28.1. The fourth-order valence-corrected chi connectivity index (χ4v) is 2.34. The summed E-state index contributed by atoms with van der Waals surface area (Å²) >= 11 is 0. The molecule has 0 spiro atoms. The Bertz CT molecular complexity index is 290. The summed E-state index contributed by atoms with van der Waals surface area (Å²) in [7, 11) is 0. The SMILES string of the molecule is CC(CCO)CCO.CCCCCCCC(=O)O.CCCCCCCC(=O)O. The molecule has 0 fully saturated rings. The van der Waals surface area contributed by atoms with Gasteiger partial charge >= 0.3 is 11.9 Å². The number of carbonyl (C=O) groups is 2. The lowest BCUT2D eigenvalue weighted by atomic mass is 10.1. The van der Waals surface area contributed by atoms with Gasteiger partial charge in [-0.2, -0.15) is 0 Å². The molecule has 0 aliphatic heterocycles. The number of carboxylic acids is 2. The third-order valence-electron chi connectivity index (χ3n) is 4.23. The van der Waals surface area contributed by atoms with Gasteiger partial charge in [-0.25, -0.2) is 0 Å². The predicted molar refractivity (Wildman–Crippen MR) is 115 cm³/mol. The molecule has 6 heteroatoms. The Morgan fingerprint density at radius 3 is 1.21 bits per heavy atom. The molecule has 0 radical (unpaired) electrons. The zero-order valence-corrected chi connectivity index (χ0v) is 18.5. The molecule has 0 rings (SSSR count). The summed E-state index contributed by atoms with van der Waals surface area (Å²) in [6.45, 7) is 6.79. The van der Waals surface area contributed by atoms with Crippen LogP contribution >= 0.6 is 0 Å². The minimum absolute atomic E-state index is 0.237. The summed E-state index contributed by atoms with van der Waals surface area (Å²) in [4.78, 5) is 20.1.